The molecule has 1 N–H and O–H groups in total. The maximum absolute atomic E-state index is 10.9. The van der Waals surface area contributed by atoms with Gasteiger partial charge in [-0.15, -0.1) is 0 Å². The number of nitro benzene ring substituents is 1. The lowest BCUT2D eigenvalue weighted by atomic mass is 10.2. The molecule has 0 heterocycles. The number of hydrogen-bond acceptors (Lipinski definition) is 3. The Morgan fingerprint density at radius 1 is 1.05 bits per heavy atom. The molecular formula is C13H9Cl3N2O2. The lowest BCUT2D eigenvalue weighted by Gasteiger charge is -2.09. The fourth-order valence-corrected chi connectivity index (χ4v) is 2.31. The van der Waals surface area contributed by atoms with Crippen molar-refractivity contribution in [3.05, 3.63) is 67.1 Å². The van der Waals surface area contributed by atoms with Gasteiger partial charge in [-0.3, -0.25) is 10.1 Å². The molecule has 0 radical (unpaired) electrons. The molecule has 7 heteroatoms. The van der Waals surface area contributed by atoms with E-state index in [-0.39, 0.29) is 5.69 Å². The second kappa shape index (κ2) is 6.31. The van der Waals surface area contributed by atoms with Crippen molar-refractivity contribution in [3.8, 4) is 0 Å². The first-order chi connectivity index (χ1) is 9.47. The average Bonchev–Trinajstić information content (AvgIpc) is 2.37. The molecule has 0 saturated carbocycles. The van der Waals surface area contributed by atoms with Crippen LogP contribution in [0.25, 0.3) is 0 Å². The highest BCUT2D eigenvalue weighted by atomic mass is 35.5. The van der Waals surface area contributed by atoms with E-state index in [1.54, 1.807) is 18.2 Å². The van der Waals surface area contributed by atoms with Crippen LogP contribution >= 0.6 is 34.8 Å². The Labute approximate surface area is 130 Å². The van der Waals surface area contributed by atoms with Crippen LogP contribution in [0.4, 0.5) is 11.4 Å². The Morgan fingerprint density at radius 3 is 2.35 bits per heavy atom. The summed E-state index contributed by atoms with van der Waals surface area (Å²) in [5, 5.41) is 15.3. The van der Waals surface area contributed by atoms with Crippen LogP contribution in [0.3, 0.4) is 0 Å². The van der Waals surface area contributed by atoms with E-state index in [1.807, 2.05) is 0 Å². The summed E-state index contributed by atoms with van der Waals surface area (Å²) in [6.07, 6.45) is 0. The number of nitrogens with one attached hydrogen (secondary N) is 1. The zero-order valence-corrected chi connectivity index (χ0v) is 12.3. The monoisotopic (exact) mass is 330 g/mol. The van der Waals surface area contributed by atoms with E-state index >= 15 is 0 Å². The lowest BCUT2D eigenvalue weighted by Crippen LogP contribution is -2.03. The number of halogens is 3. The smallest absolute Gasteiger partial charge is 0.292 e. The summed E-state index contributed by atoms with van der Waals surface area (Å²) in [6, 6.07) is 9.41. The zero-order chi connectivity index (χ0) is 14.7. The molecule has 0 aliphatic rings. The van der Waals surface area contributed by atoms with Crippen molar-refractivity contribution in [2.24, 2.45) is 0 Å². The van der Waals surface area contributed by atoms with Crippen LogP contribution in [-0.4, -0.2) is 4.92 Å². The molecule has 0 fully saturated rings. The number of nitro groups is 1. The Hall–Kier alpha value is -1.49. The molecule has 0 aliphatic heterocycles. The zero-order valence-electron chi connectivity index (χ0n) is 10.1. The molecule has 0 unspecified atom stereocenters. The fourth-order valence-electron chi connectivity index (χ4n) is 1.66. The van der Waals surface area contributed by atoms with Gasteiger partial charge >= 0.3 is 0 Å². The highest BCUT2D eigenvalue weighted by molar-refractivity contribution is 6.35. The third-order valence-corrected chi connectivity index (χ3v) is 3.46. The van der Waals surface area contributed by atoms with E-state index in [1.165, 1.54) is 18.2 Å². The van der Waals surface area contributed by atoms with Crippen LogP contribution in [0.15, 0.2) is 36.4 Å². The summed E-state index contributed by atoms with van der Waals surface area (Å²) < 4.78 is 0. The van der Waals surface area contributed by atoms with Gasteiger partial charge in [-0.25, -0.2) is 0 Å². The van der Waals surface area contributed by atoms with Crippen LogP contribution in [0.5, 0.6) is 0 Å². The SMILES string of the molecule is O=[N+]([O-])c1ccc(Cl)cc1NCc1ccc(Cl)cc1Cl. The summed E-state index contributed by atoms with van der Waals surface area (Å²) in [6.45, 7) is 0.331. The van der Waals surface area contributed by atoms with Gasteiger partial charge in [0, 0.05) is 27.7 Å². The van der Waals surface area contributed by atoms with E-state index in [2.05, 4.69) is 5.32 Å². The maximum Gasteiger partial charge on any atom is 0.292 e. The van der Waals surface area contributed by atoms with Gasteiger partial charge in [0.25, 0.3) is 5.69 Å². The summed E-state index contributed by atoms with van der Waals surface area (Å²) in [5.74, 6) is 0. The standard InChI is InChI=1S/C13H9Cl3N2O2/c14-9-2-1-8(11(16)5-9)7-17-12-6-10(15)3-4-13(12)18(19)20/h1-6,17H,7H2. The normalized spacial score (nSPS) is 10.3. The second-order valence-electron chi connectivity index (χ2n) is 4.01. The molecule has 0 aromatic heterocycles. The van der Waals surface area contributed by atoms with Crippen LogP contribution < -0.4 is 5.32 Å². The molecule has 0 atom stereocenters. The molecule has 2 aromatic carbocycles. The van der Waals surface area contributed by atoms with Crippen molar-refractivity contribution in [2.45, 2.75) is 6.54 Å². The molecule has 2 aromatic rings. The summed E-state index contributed by atoms with van der Waals surface area (Å²) >= 11 is 17.7. The van der Waals surface area contributed by atoms with E-state index < -0.39 is 4.92 Å². The predicted molar refractivity (Wildman–Crippen MR) is 81.9 cm³/mol. The minimum atomic E-state index is -0.470. The second-order valence-corrected chi connectivity index (χ2v) is 5.29. The first-order valence-corrected chi connectivity index (χ1v) is 6.72. The number of anilines is 1. The molecule has 0 aliphatic carbocycles. The van der Waals surface area contributed by atoms with E-state index in [9.17, 15) is 10.1 Å². The number of hydrogen-bond donors (Lipinski definition) is 1. The number of nitrogens with zero attached hydrogens (tertiary/aromatic N) is 1. The van der Waals surface area contributed by atoms with Crippen molar-refractivity contribution < 1.29 is 4.92 Å². The highest BCUT2D eigenvalue weighted by Gasteiger charge is 2.14. The average molecular weight is 332 g/mol. The minimum Gasteiger partial charge on any atom is -0.375 e. The topological polar surface area (TPSA) is 55.2 Å². The molecule has 2 rings (SSSR count). The van der Waals surface area contributed by atoms with Gasteiger partial charge in [0.1, 0.15) is 5.69 Å². The van der Waals surface area contributed by atoms with Gasteiger partial charge in [0.15, 0.2) is 0 Å². The van der Waals surface area contributed by atoms with Gasteiger partial charge in [0.05, 0.1) is 4.92 Å². The van der Waals surface area contributed by atoms with Crippen LogP contribution in [-0.2, 0) is 6.54 Å². The third-order valence-electron chi connectivity index (χ3n) is 2.64. The van der Waals surface area contributed by atoms with Gasteiger partial charge in [-0.05, 0) is 29.8 Å². The summed E-state index contributed by atoms with van der Waals surface area (Å²) in [7, 11) is 0. The lowest BCUT2D eigenvalue weighted by molar-refractivity contribution is -0.384. The van der Waals surface area contributed by atoms with E-state index in [0.717, 1.165) is 5.56 Å². The van der Waals surface area contributed by atoms with Crippen LogP contribution in [0.2, 0.25) is 15.1 Å². The fraction of sp³-hybridized carbons (Fsp3) is 0.0769. The first-order valence-electron chi connectivity index (χ1n) is 5.59. The van der Waals surface area contributed by atoms with Crippen molar-refractivity contribution in [1.82, 2.24) is 0 Å². The molecule has 0 amide bonds. The van der Waals surface area contributed by atoms with Gasteiger partial charge < -0.3 is 5.32 Å². The highest BCUT2D eigenvalue weighted by Crippen LogP contribution is 2.29. The largest absolute Gasteiger partial charge is 0.375 e. The minimum absolute atomic E-state index is 0.0421. The Kier molecular flexibility index (Phi) is 4.70. The van der Waals surface area contributed by atoms with Gasteiger partial charge in [0.2, 0.25) is 0 Å². The third kappa shape index (κ3) is 3.54. The van der Waals surface area contributed by atoms with Crippen molar-refractivity contribution in [2.75, 3.05) is 5.32 Å². The van der Waals surface area contributed by atoms with Gasteiger partial charge in [-0.1, -0.05) is 40.9 Å². The number of rotatable bonds is 4. The molecular weight excluding hydrogens is 323 g/mol. The van der Waals surface area contributed by atoms with Crippen molar-refractivity contribution >= 4 is 46.2 Å². The van der Waals surface area contributed by atoms with Crippen LogP contribution in [0, 0.1) is 10.1 Å². The molecule has 0 saturated heterocycles. The Bertz CT molecular complexity index is 662. The molecule has 20 heavy (non-hydrogen) atoms. The van der Waals surface area contributed by atoms with Crippen molar-refractivity contribution in [1.29, 1.82) is 0 Å². The van der Waals surface area contributed by atoms with Crippen LogP contribution in [0.1, 0.15) is 5.56 Å². The summed E-state index contributed by atoms with van der Waals surface area (Å²) in [5.41, 5.74) is 1.08. The molecule has 104 valence electrons. The van der Waals surface area contributed by atoms with E-state index in [0.29, 0.717) is 27.3 Å². The Morgan fingerprint density at radius 2 is 1.70 bits per heavy atom. The molecule has 0 bridgehead atoms. The Balaban J connectivity index is 2.22. The molecule has 4 nitrogen and oxygen atoms in total. The van der Waals surface area contributed by atoms with Gasteiger partial charge in [-0.2, -0.15) is 0 Å². The quantitative estimate of drug-likeness (QED) is 0.621. The summed E-state index contributed by atoms with van der Waals surface area (Å²) in [4.78, 5) is 10.5. The van der Waals surface area contributed by atoms with Crippen molar-refractivity contribution in [3.63, 3.8) is 0 Å². The maximum atomic E-state index is 10.9. The predicted octanol–water partition coefficient (Wildman–Crippen LogP) is 5.17. The first kappa shape index (κ1) is 14.9. The number of benzene rings is 2. The molecule has 0 spiro atoms. The van der Waals surface area contributed by atoms with E-state index in [4.69, 9.17) is 34.8 Å².